The van der Waals surface area contributed by atoms with E-state index < -0.39 is 17.9 Å². The average Bonchev–Trinajstić information content (AvgIpc) is 2.65. The summed E-state index contributed by atoms with van der Waals surface area (Å²) in [4.78, 5) is 23.4. The van der Waals surface area contributed by atoms with Crippen LogP contribution in [0.15, 0.2) is 0 Å². The quantitative estimate of drug-likeness (QED) is 0.843. The number of hydrogen-bond donors (Lipinski definition) is 2. The summed E-state index contributed by atoms with van der Waals surface area (Å²) in [5, 5.41) is 16.0. The fourth-order valence-electron chi connectivity index (χ4n) is 1.91. The van der Waals surface area contributed by atoms with Gasteiger partial charge in [-0.15, -0.1) is 0 Å². The summed E-state index contributed by atoms with van der Waals surface area (Å²) in [6.45, 7) is 5.66. The van der Waals surface area contributed by atoms with Crippen molar-refractivity contribution in [3.63, 3.8) is 0 Å². The third kappa shape index (κ3) is 3.50. The molecule has 0 fully saturated rings. The number of rotatable bonds is 6. The minimum atomic E-state index is -1.05. The number of carbonyl (C=O) groups is 2. The molecule has 0 saturated heterocycles. The zero-order valence-electron chi connectivity index (χ0n) is 12.1. The van der Waals surface area contributed by atoms with Gasteiger partial charge >= 0.3 is 5.97 Å². The normalized spacial score (nSPS) is 12.5. The zero-order valence-corrected chi connectivity index (χ0v) is 12.9. The number of aromatic nitrogens is 2. The number of hydrogen-bond acceptors (Lipinski definition) is 3. The molecule has 1 atom stereocenters. The highest BCUT2D eigenvalue weighted by molar-refractivity contribution is 6.33. The highest BCUT2D eigenvalue weighted by atomic mass is 35.5. The highest BCUT2D eigenvalue weighted by Gasteiger charge is 2.27. The molecule has 1 amide bonds. The molecule has 0 aromatic carbocycles. The molecule has 0 radical (unpaired) electrons. The van der Waals surface area contributed by atoms with Gasteiger partial charge in [0.25, 0.3) is 5.91 Å². The van der Waals surface area contributed by atoms with Gasteiger partial charge in [0.1, 0.15) is 11.2 Å². The molecule has 0 aliphatic heterocycles. The Balaban J connectivity index is 3.05. The number of carbonyl (C=O) groups excluding carboxylic acids is 1. The average molecular weight is 302 g/mol. The maximum Gasteiger partial charge on any atom is 0.326 e. The molecule has 0 spiro atoms. The molecule has 20 heavy (non-hydrogen) atoms. The Bertz CT molecular complexity index is 511. The van der Waals surface area contributed by atoms with Gasteiger partial charge in [0.2, 0.25) is 0 Å². The summed E-state index contributed by atoms with van der Waals surface area (Å²) in [6, 6.07) is -0.913. The molecule has 0 saturated carbocycles. The molecule has 1 heterocycles. The van der Waals surface area contributed by atoms with Crippen molar-refractivity contribution in [2.75, 3.05) is 0 Å². The third-order valence-electron chi connectivity index (χ3n) is 2.96. The number of aliphatic carboxylic acids is 1. The number of halogens is 1. The van der Waals surface area contributed by atoms with Gasteiger partial charge in [-0.2, -0.15) is 5.10 Å². The lowest BCUT2D eigenvalue weighted by Crippen LogP contribution is -2.41. The Labute approximate surface area is 123 Å². The van der Waals surface area contributed by atoms with Crippen LogP contribution in [-0.4, -0.2) is 32.8 Å². The van der Waals surface area contributed by atoms with Crippen molar-refractivity contribution in [2.45, 2.75) is 45.6 Å². The van der Waals surface area contributed by atoms with Gasteiger partial charge in [-0.25, -0.2) is 4.79 Å². The van der Waals surface area contributed by atoms with E-state index in [0.29, 0.717) is 18.5 Å². The van der Waals surface area contributed by atoms with Crippen LogP contribution in [0.25, 0.3) is 0 Å². The Morgan fingerprint density at radius 2 is 2.05 bits per heavy atom. The van der Waals surface area contributed by atoms with Crippen molar-refractivity contribution < 1.29 is 14.7 Å². The van der Waals surface area contributed by atoms with Crippen molar-refractivity contribution in [3.05, 3.63) is 16.4 Å². The van der Waals surface area contributed by atoms with Gasteiger partial charge in [0, 0.05) is 7.05 Å². The van der Waals surface area contributed by atoms with E-state index in [-0.39, 0.29) is 16.6 Å². The molecule has 0 aliphatic carbocycles. The number of carboxylic acid groups (broad SMARTS) is 1. The lowest BCUT2D eigenvalue weighted by molar-refractivity contribution is -0.139. The van der Waals surface area contributed by atoms with Crippen LogP contribution < -0.4 is 5.32 Å². The minimum absolute atomic E-state index is 0.0175. The predicted octanol–water partition coefficient (Wildman–Crippen LogP) is 2.18. The van der Waals surface area contributed by atoms with Crippen LogP contribution in [0.5, 0.6) is 0 Å². The minimum Gasteiger partial charge on any atom is -0.480 e. The summed E-state index contributed by atoms with van der Waals surface area (Å²) >= 11 is 6.09. The van der Waals surface area contributed by atoms with Crippen molar-refractivity contribution in [2.24, 2.45) is 7.05 Å². The fourth-order valence-corrected chi connectivity index (χ4v) is 2.13. The van der Waals surface area contributed by atoms with Crippen LogP contribution in [0.2, 0.25) is 5.15 Å². The second-order valence-electron chi connectivity index (χ2n) is 4.98. The van der Waals surface area contributed by atoms with Crippen molar-refractivity contribution in [3.8, 4) is 0 Å². The summed E-state index contributed by atoms with van der Waals surface area (Å²) in [6.07, 6.45) is 1.03. The van der Waals surface area contributed by atoms with Gasteiger partial charge in [0.15, 0.2) is 0 Å². The van der Waals surface area contributed by atoms with Crippen LogP contribution >= 0.6 is 11.6 Å². The molecule has 0 bridgehead atoms. The summed E-state index contributed by atoms with van der Waals surface area (Å²) in [5.41, 5.74) is 0.821. The molecule has 0 aliphatic rings. The summed E-state index contributed by atoms with van der Waals surface area (Å²) < 4.78 is 1.42. The number of nitrogens with one attached hydrogen (secondary N) is 1. The molecule has 1 rings (SSSR count). The molecular formula is C13H20ClN3O3. The van der Waals surface area contributed by atoms with E-state index in [9.17, 15) is 9.59 Å². The van der Waals surface area contributed by atoms with Crippen LogP contribution in [0.1, 0.15) is 55.6 Å². The smallest absolute Gasteiger partial charge is 0.326 e. The standard InChI is InChI=1S/C13H20ClN3O3/c1-5-6-8(13(19)20)15-12(18)9-10(7(2)3)16-17(4)11(9)14/h7-8H,5-6H2,1-4H3,(H,15,18)(H,19,20)/t8-/m0/s1. The lowest BCUT2D eigenvalue weighted by Gasteiger charge is -2.14. The van der Waals surface area contributed by atoms with Gasteiger partial charge in [-0.05, 0) is 12.3 Å². The highest BCUT2D eigenvalue weighted by Crippen LogP contribution is 2.25. The third-order valence-corrected chi connectivity index (χ3v) is 3.39. The first-order valence-electron chi connectivity index (χ1n) is 6.55. The van der Waals surface area contributed by atoms with Crippen LogP contribution in [0, 0.1) is 0 Å². The first-order chi connectivity index (χ1) is 9.29. The largest absolute Gasteiger partial charge is 0.480 e. The fraction of sp³-hybridized carbons (Fsp3) is 0.615. The summed E-state index contributed by atoms with van der Waals surface area (Å²) in [7, 11) is 1.64. The molecule has 0 unspecified atom stereocenters. The summed E-state index contributed by atoms with van der Waals surface area (Å²) in [5.74, 6) is -1.53. The van der Waals surface area contributed by atoms with Crippen LogP contribution in [0.3, 0.4) is 0 Å². The number of nitrogens with zero attached hydrogens (tertiary/aromatic N) is 2. The molecule has 112 valence electrons. The van der Waals surface area contributed by atoms with E-state index in [4.69, 9.17) is 16.7 Å². The van der Waals surface area contributed by atoms with E-state index in [1.165, 1.54) is 4.68 Å². The van der Waals surface area contributed by atoms with E-state index in [2.05, 4.69) is 10.4 Å². The van der Waals surface area contributed by atoms with Gasteiger partial charge in [-0.3, -0.25) is 9.48 Å². The second-order valence-corrected chi connectivity index (χ2v) is 5.34. The Morgan fingerprint density at radius 1 is 1.45 bits per heavy atom. The Morgan fingerprint density at radius 3 is 2.50 bits per heavy atom. The van der Waals surface area contributed by atoms with Gasteiger partial charge in [-0.1, -0.05) is 38.8 Å². The van der Waals surface area contributed by atoms with E-state index in [1.807, 2.05) is 20.8 Å². The first-order valence-corrected chi connectivity index (χ1v) is 6.93. The predicted molar refractivity (Wildman–Crippen MR) is 76.1 cm³/mol. The molecule has 7 heteroatoms. The molecular weight excluding hydrogens is 282 g/mol. The van der Waals surface area contributed by atoms with Crippen LogP contribution in [-0.2, 0) is 11.8 Å². The Hall–Kier alpha value is -1.56. The van der Waals surface area contributed by atoms with Crippen molar-refractivity contribution in [1.29, 1.82) is 0 Å². The number of amides is 1. The monoisotopic (exact) mass is 301 g/mol. The second kappa shape index (κ2) is 6.74. The van der Waals surface area contributed by atoms with E-state index in [1.54, 1.807) is 7.05 Å². The first kappa shape index (κ1) is 16.5. The Kier molecular flexibility index (Phi) is 5.56. The number of carboxylic acids is 1. The topological polar surface area (TPSA) is 84.2 Å². The molecule has 6 nitrogen and oxygen atoms in total. The zero-order chi connectivity index (χ0) is 15.4. The molecule has 1 aromatic rings. The molecule has 1 aromatic heterocycles. The van der Waals surface area contributed by atoms with Gasteiger partial charge < -0.3 is 10.4 Å². The maximum absolute atomic E-state index is 12.3. The maximum atomic E-state index is 12.3. The van der Waals surface area contributed by atoms with E-state index >= 15 is 0 Å². The number of aryl methyl sites for hydroxylation is 1. The van der Waals surface area contributed by atoms with Gasteiger partial charge in [0.05, 0.1) is 11.3 Å². The van der Waals surface area contributed by atoms with E-state index in [0.717, 1.165) is 0 Å². The van der Waals surface area contributed by atoms with Crippen LogP contribution in [0.4, 0.5) is 0 Å². The van der Waals surface area contributed by atoms with Crippen molar-refractivity contribution in [1.82, 2.24) is 15.1 Å². The van der Waals surface area contributed by atoms with Crippen molar-refractivity contribution >= 4 is 23.5 Å². The lowest BCUT2D eigenvalue weighted by atomic mass is 10.1. The SMILES string of the molecule is CCC[C@H](NC(=O)c1c(C(C)C)nn(C)c1Cl)C(=O)O. The molecule has 2 N–H and O–H groups in total.